The Labute approximate surface area is 191 Å². The van der Waals surface area contributed by atoms with Crippen molar-refractivity contribution in [1.29, 1.82) is 0 Å². The predicted octanol–water partition coefficient (Wildman–Crippen LogP) is 3.51. The van der Waals surface area contributed by atoms with Crippen molar-refractivity contribution in [3.8, 4) is 0 Å². The van der Waals surface area contributed by atoms with Gasteiger partial charge in [0.05, 0.1) is 12.5 Å². The molecule has 2 aromatic rings. The van der Waals surface area contributed by atoms with Crippen LogP contribution in [-0.4, -0.2) is 64.8 Å². The van der Waals surface area contributed by atoms with Crippen molar-refractivity contribution in [2.24, 2.45) is 0 Å². The lowest BCUT2D eigenvalue weighted by molar-refractivity contribution is -0.134. The molecule has 1 unspecified atom stereocenters. The summed E-state index contributed by atoms with van der Waals surface area (Å²) in [6.07, 6.45) is 0.708. The summed E-state index contributed by atoms with van der Waals surface area (Å²) >= 11 is 0. The van der Waals surface area contributed by atoms with Crippen molar-refractivity contribution in [3.05, 3.63) is 59.7 Å². The van der Waals surface area contributed by atoms with Crippen LogP contribution in [-0.2, 0) is 25.6 Å². The predicted molar refractivity (Wildman–Crippen MR) is 128 cm³/mol. The van der Waals surface area contributed by atoms with Crippen LogP contribution in [0.3, 0.4) is 0 Å². The number of carbonyl (C=O) groups excluding carboxylic acids is 2. The van der Waals surface area contributed by atoms with Crippen LogP contribution < -0.4 is 10.2 Å². The fraction of sp³-hybridized carbons (Fsp3) is 0.440. The molecule has 0 saturated heterocycles. The molecule has 174 valence electrons. The second kappa shape index (κ2) is 12.8. The minimum absolute atomic E-state index is 0.0154. The maximum Gasteiger partial charge on any atom is 0.250 e. The Morgan fingerprint density at radius 2 is 1.75 bits per heavy atom. The van der Waals surface area contributed by atoms with Gasteiger partial charge in [-0.05, 0) is 35.7 Å². The quantitative estimate of drug-likeness (QED) is 0.546. The molecule has 2 amide bonds. The van der Waals surface area contributed by atoms with E-state index in [1.165, 1.54) is 7.11 Å². The second-order valence-corrected chi connectivity index (χ2v) is 7.84. The van der Waals surface area contributed by atoms with Crippen molar-refractivity contribution in [3.63, 3.8) is 0 Å². The largest absolute Gasteiger partial charge is 0.383 e. The van der Waals surface area contributed by atoms with Crippen molar-refractivity contribution >= 4 is 23.2 Å². The number of amides is 2. The van der Waals surface area contributed by atoms with E-state index in [9.17, 15) is 9.59 Å². The molecule has 0 bridgehead atoms. The highest BCUT2D eigenvalue weighted by atomic mass is 16.5. The van der Waals surface area contributed by atoms with Gasteiger partial charge in [0.25, 0.3) is 0 Å². The van der Waals surface area contributed by atoms with Crippen LogP contribution in [0.15, 0.2) is 48.5 Å². The Kier molecular flexibility index (Phi) is 10.2. The third kappa shape index (κ3) is 7.07. The van der Waals surface area contributed by atoms with Crippen LogP contribution in [0, 0.1) is 0 Å². The molecule has 0 aliphatic heterocycles. The van der Waals surface area contributed by atoms with E-state index in [0.717, 1.165) is 16.8 Å². The summed E-state index contributed by atoms with van der Waals surface area (Å²) in [5, 5.41) is 2.84. The van der Waals surface area contributed by atoms with Crippen molar-refractivity contribution < 1.29 is 19.1 Å². The van der Waals surface area contributed by atoms with E-state index in [2.05, 4.69) is 5.32 Å². The Balaban J connectivity index is 2.35. The normalized spacial score (nSPS) is 11.7. The Bertz CT molecular complexity index is 871. The van der Waals surface area contributed by atoms with Crippen LogP contribution in [0.2, 0.25) is 0 Å². The number of hydrogen-bond acceptors (Lipinski definition) is 5. The van der Waals surface area contributed by atoms with Gasteiger partial charge in [0.2, 0.25) is 11.8 Å². The van der Waals surface area contributed by atoms with Gasteiger partial charge in [-0.15, -0.1) is 0 Å². The van der Waals surface area contributed by atoms with Crippen molar-refractivity contribution in [2.75, 3.05) is 58.3 Å². The average molecular weight is 442 g/mol. The van der Waals surface area contributed by atoms with E-state index in [-0.39, 0.29) is 24.3 Å². The number of rotatable bonds is 12. The summed E-state index contributed by atoms with van der Waals surface area (Å²) in [5.74, 6) is -0.381. The minimum atomic E-state index is -0.224. The van der Waals surface area contributed by atoms with Gasteiger partial charge >= 0.3 is 0 Å². The van der Waals surface area contributed by atoms with Gasteiger partial charge in [-0.25, -0.2) is 0 Å². The summed E-state index contributed by atoms with van der Waals surface area (Å²) in [7, 11) is 7.04. The minimum Gasteiger partial charge on any atom is -0.383 e. The average Bonchev–Trinajstić information content (AvgIpc) is 2.77. The topological polar surface area (TPSA) is 71.1 Å². The Morgan fingerprint density at radius 1 is 1.03 bits per heavy atom. The molecule has 1 atom stereocenters. The zero-order chi connectivity index (χ0) is 23.5. The molecule has 7 nitrogen and oxygen atoms in total. The van der Waals surface area contributed by atoms with E-state index < -0.39 is 0 Å². The zero-order valence-corrected chi connectivity index (χ0v) is 19.8. The number of methoxy groups -OCH3 is 2. The lowest BCUT2D eigenvalue weighted by Gasteiger charge is -2.29. The van der Waals surface area contributed by atoms with E-state index >= 15 is 0 Å². The molecule has 7 heteroatoms. The van der Waals surface area contributed by atoms with Crippen LogP contribution in [0.1, 0.15) is 30.4 Å². The van der Waals surface area contributed by atoms with Gasteiger partial charge in [-0.1, -0.05) is 37.3 Å². The molecule has 2 rings (SSSR count). The van der Waals surface area contributed by atoms with Gasteiger partial charge in [0.1, 0.15) is 6.61 Å². The number of ether oxygens (including phenoxy) is 2. The van der Waals surface area contributed by atoms with Crippen LogP contribution in [0.4, 0.5) is 11.4 Å². The molecular formula is C25H35N3O4. The lowest BCUT2D eigenvalue weighted by Crippen LogP contribution is -2.37. The van der Waals surface area contributed by atoms with Crippen molar-refractivity contribution in [1.82, 2.24) is 4.90 Å². The fourth-order valence-electron chi connectivity index (χ4n) is 3.69. The molecule has 0 aromatic heterocycles. The third-order valence-corrected chi connectivity index (χ3v) is 5.27. The number of nitrogens with zero attached hydrogens (tertiary/aromatic N) is 2. The van der Waals surface area contributed by atoms with Gasteiger partial charge < -0.3 is 24.6 Å². The van der Waals surface area contributed by atoms with Crippen LogP contribution in [0.5, 0.6) is 0 Å². The fourth-order valence-corrected chi connectivity index (χ4v) is 3.69. The van der Waals surface area contributed by atoms with E-state index in [4.69, 9.17) is 9.47 Å². The molecule has 0 fully saturated rings. The molecule has 0 aliphatic rings. The van der Waals surface area contributed by atoms with Gasteiger partial charge in [-0.2, -0.15) is 0 Å². The molecule has 0 radical (unpaired) electrons. The first kappa shape index (κ1) is 25.4. The smallest absolute Gasteiger partial charge is 0.250 e. The maximum absolute atomic E-state index is 13.6. The lowest BCUT2D eigenvalue weighted by atomic mass is 9.94. The van der Waals surface area contributed by atoms with E-state index in [1.54, 1.807) is 7.11 Å². The molecule has 0 heterocycles. The molecule has 0 aliphatic carbocycles. The maximum atomic E-state index is 13.6. The molecule has 32 heavy (non-hydrogen) atoms. The Hall–Kier alpha value is -2.90. The zero-order valence-electron chi connectivity index (χ0n) is 19.8. The molecule has 1 N–H and O–H groups in total. The number of anilines is 2. The number of nitrogens with one attached hydrogen (secondary N) is 1. The molecule has 0 spiro atoms. The number of hydrogen-bond donors (Lipinski definition) is 1. The first-order valence-electron chi connectivity index (χ1n) is 10.8. The highest BCUT2D eigenvalue weighted by Gasteiger charge is 2.25. The van der Waals surface area contributed by atoms with Gasteiger partial charge in [0, 0.05) is 52.8 Å². The Morgan fingerprint density at radius 3 is 2.34 bits per heavy atom. The summed E-state index contributed by atoms with van der Waals surface area (Å²) in [5.41, 5.74) is 3.60. The monoisotopic (exact) mass is 441 g/mol. The summed E-state index contributed by atoms with van der Waals surface area (Å²) in [4.78, 5) is 29.4. The first-order chi connectivity index (χ1) is 15.4. The number of benzene rings is 2. The van der Waals surface area contributed by atoms with E-state index in [1.807, 2.05) is 79.3 Å². The first-order valence-corrected chi connectivity index (χ1v) is 10.8. The molecule has 2 aromatic carbocycles. The summed E-state index contributed by atoms with van der Waals surface area (Å²) < 4.78 is 10.2. The molecular weight excluding hydrogens is 406 g/mol. The summed E-state index contributed by atoms with van der Waals surface area (Å²) in [6.45, 7) is 3.34. The molecule has 0 saturated carbocycles. The summed E-state index contributed by atoms with van der Waals surface area (Å²) in [6, 6.07) is 15.6. The number of carbonyl (C=O) groups is 2. The van der Waals surface area contributed by atoms with Crippen LogP contribution in [0.25, 0.3) is 0 Å². The van der Waals surface area contributed by atoms with Gasteiger partial charge in [-0.3, -0.25) is 9.59 Å². The van der Waals surface area contributed by atoms with Crippen molar-refractivity contribution in [2.45, 2.75) is 25.8 Å². The standard InChI is InChI=1S/C25H35N3O4/c1-6-22(19-10-8-7-9-11-19)25(30)28(14-15-31-4)17-20-16-21(26-24(29)18-32-5)12-13-23(20)27(2)3/h7-13,16,22H,6,14-15,17-18H2,1-5H3,(H,26,29). The van der Waals surface area contributed by atoms with Gasteiger partial charge in [0.15, 0.2) is 0 Å². The highest BCUT2D eigenvalue weighted by molar-refractivity contribution is 5.92. The third-order valence-electron chi connectivity index (χ3n) is 5.27. The second-order valence-electron chi connectivity index (χ2n) is 7.84. The van der Waals surface area contributed by atoms with Crippen LogP contribution >= 0.6 is 0 Å². The van der Waals surface area contributed by atoms with E-state index in [0.29, 0.717) is 31.8 Å². The highest BCUT2D eigenvalue weighted by Crippen LogP contribution is 2.27. The SMILES string of the molecule is CCC(C(=O)N(CCOC)Cc1cc(NC(=O)COC)ccc1N(C)C)c1ccccc1.